The summed E-state index contributed by atoms with van der Waals surface area (Å²) >= 11 is 0. The first kappa shape index (κ1) is 13.2. The Morgan fingerprint density at radius 1 is 1.18 bits per heavy atom. The molecule has 92 valence electrons. The highest BCUT2D eigenvalue weighted by atomic mass is 16.4. The van der Waals surface area contributed by atoms with Gasteiger partial charge in [-0.2, -0.15) is 0 Å². The van der Waals surface area contributed by atoms with Gasteiger partial charge in [-0.25, -0.2) is 9.59 Å². The molecule has 0 radical (unpaired) electrons. The third kappa shape index (κ3) is 3.06. The fourth-order valence-corrected chi connectivity index (χ4v) is 1.83. The van der Waals surface area contributed by atoms with Crippen LogP contribution in [0.2, 0.25) is 0 Å². The van der Waals surface area contributed by atoms with Crippen molar-refractivity contribution in [2.75, 3.05) is 0 Å². The van der Waals surface area contributed by atoms with E-state index in [0.717, 1.165) is 18.4 Å². The highest BCUT2D eigenvalue weighted by Crippen LogP contribution is 2.23. The van der Waals surface area contributed by atoms with Crippen LogP contribution in [0.3, 0.4) is 0 Å². The van der Waals surface area contributed by atoms with Gasteiger partial charge in [-0.05, 0) is 30.0 Å². The molecule has 1 unspecified atom stereocenters. The molecule has 0 saturated heterocycles. The first-order valence-corrected chi connectivity index (χ1v) is 5.57. The summed E-state index contributed by atoms with van der Waals surface area (Å²) in [6.45, 7) is 4.06. The SMILES string of the molecule is CCCC(C)c1ccc(C(=O)O)c(C(=O)O)c1. The van der Waals surface area contributed by atoms with Crippen LogP contribution in [0.25, 0.3) is 0 Å². The van der Waals surface area contributed by atoms with Crippen molar-refractivity contribution < 1.29 is 19.8 Å². The Morgan fingerprint density at radius 3 is 2.24 bits per heavy atom. The molecule has 0 aliphatic rings. The predicted octanol–water partition coefficient (Wildman–Crippen LogP) is 2.99. The summed E-state index contributed by atoms with van der Waals surface area (Å²) in [6.07, 6.45) is 1.95. The quantitative estimate of drug-likeness (QED) is 0.824. The average molecular weight is 236 g/mol. The number of hydrogen-bond acceptors (Lipinski definition) is 2. The second-order valence-electron chi connectivity index (χ2n) is 4.11. The highest BCUT2D eigenvalue weighted by Gasteiger charge is 2.17. The second kappa shape index (κ2) is 5.48. The van der Waals surface area contributed by atoms with E-state index >= 15 is 0 Å². The van der Waals surface area contributed by atoms with Crippen molar-refractivity contribution in [1.29, 1.82) is 0 Å². The van der Waals surface area contributed by atoms with Crippen molar-refractivity contribution in [3.05, 3.63) is 34.9 Å². The van der Waals surface area contributed by atoms with Gasteiger partial charge in [-0.15, -0.1) is 0 Å². The third-order valence-corrected chi connectivity index (χ3v) is 2.80. The average Bonchev–Trinajstić information content (AvgIpc) is 2.28. The Hall–Kier alpha value is -1.84. The van der Waals surface area contributed by atoms with Gasteiger partial charge in [0.1, 0.15) is 0 Å². The molecule has 2 N–H and O–H groups in total. The van der Waals surface area contributed by atoms with Gasteiger partial charge in [-0.3, -0.25) is 0 Å². The van der Waals surface area contributed by atoms with E-state index in [2.05, 4.69) is 6.92 Å². The van der Waals surface area contributed by atoms with Crippen molar-refractivity contribution in [3.8, 4) is 0 Å². The van der Waals surface area contributed by atoms with Gasteiger partial charge < -0.3 is 10.2 Å². The monoisotopic (exact) mass is 236 g/mol. The molecule has 1 aromatic carbocycles. The summed E-state index contributed by atoms with van der Waals surface area (Å²) in [4.78, 5) is 21.9. The molecule has 1 rings (SSSR count). The summed E-state index contributed by atoms with van der Waals surface area (Å²) < 4.78 is 0. The van der Waals surface area contributed by atoms with E-state index in [1.807, 2.05) is 6.92 Å². The van der Waals surface area contributed by atoms with Gasteiger partial charge in [-0.1, -0.05) is 26.3 Å². The number of carboxylic acid groups (broad SMARTS) is 2. The molecule has 0 bridgehead atoms. The number of carbonyl (C=O) groups is 2. The number of hydrogen-bond donors (Lipinski definition) is 2. The Balaban J connectivity index is 3.18. The van der Waals surface area contributed by atoms with Crippen LogP contribution in [0.1, 0.15) is 58.9 Å². The molecule has 4 nitrogen and oxygen atoms in total. The highest BCUT2D eigenvalue weighted by molar-refractivity contribution is 6.01. The minimum atomic E-state index is -1.21. The molecule has 0 spiro atoms. The minimum absolute atomic E-state index is 0.141. The van der Waals surface area contributed by atoms with Crippen LogP contribution in [0.4, 0.5) is 0 Å². The van der Waals surface area contributed by atoms with Gasteiger partial charge in [0.25, 0.3) is 0 Å². The molecule has 0 saturated carbocycles. The summed E-state index contributed by atoms with van der Waals surface area (Å²) in [6, 6.07) is 4.52. The van der Waals surface area contributed by atoms with Crippen molar-refractivity contribution >= 4 is 11.9 Å². The summed E-state index contributed by atoms with van der Waals surface area (Å²) in [5, 5.41) is 17.9. The van der Waals surface area contributed by atoms with E-state index in [9.17, 15) is 9.59 Å². The molecule has 1 aromatic rings. The van der Waals surface area contributed by atoms with E-state index < -0.39 is 11.9 Å². The van der Waals surface area contributed by atoms with Crippen LogP contribution < -0.4 is 0 Å². The smallest absolute Gasteiger partial charge is 0.336 e. The van der Waals surface area contributed by atoms with Gasteiger partial charge in [0, 0.05) is 0 Å². The zero-order chi connectivity index (χ0) is 13.0. The molecule has 0 aromatic heterocycles. The maximum atomic E-state index is 11.0. The number of rotatable bonds is 5. The van der Waals surface area contributed by atoms with Gasteiger partial charge in [0.2, 0.25) is 0 Å². The van der Waals surface area contributed by atoms with E-state index in [4.69, 9.17) is 10.2 Å². The maximum absolute atomic E-state index is 11.0. The molecule has 0 heterocycles. The van der Waals surface area contributed by atoms with Crippen LogP contribution in [-0.2, 0) is 0 Å². The molecule has 0 aliphatic heterocycles. The van der Waals surface area contributed by atoms with E-state index in [1.54, 1.807) is 6.07 Å². The normalized spacial score (nSPS) is 12.1. The predicted molar refractivity (Wildman–Crippen MR) is 63.7 cm³/mol. The fraction of sp³-hybridized carbons (Fsp3) is 0.385. The van der Waals surface area contributed by atoms with Crippen molar-refractivity contribution in [1.82, 2.24) is 0 Å². The lowest BCUT2D eigenvalue weighted by molar-refractivity contribution is 0.0651. The largest absolute Gasteiger partial charge is 0.478 e. The lowest BCUT2D eigenvalue weighted by atomic mass is 9.93. The maximum Gasteiger partial charge on any atom is 0.336 e. The number of aromatic carboxylic acids is 2. The molecule has 0 amide bonds. The van der Waals surface area contributed by atoms with E-state index in [-0.39, 0.29) is 17.0 Å². The fourth-order valence-electron chi connectivity index (χ4n) is 1.83. The Bertz CT molecular complexity index is 437. The van der Waals surface area contributed by atoms with Crippen LogP contribution >= 0.6 is 0 Å². The molecule has 17 heavy (non-hydrogen) atoms. The van der Waals surface area contributed by atoms with Gasteiger partial charge in [0.15, 0.2) is 0 Å². The molecule has 1 atom stereocenters. The summed E-state index contributed by atoms with van der Waals surface area (Å²) in [5.41, 5.74) is 0.567. The standard InChI is InChI=1S/C13H16O4/c1-3-4-8(2)9-5-6-10(12(14)15)11(7-9)13(16)17/h5-8H,3-4H2,1-2H3,(H,14,15)(H,16,17). The topological polar surface area (TPSA) is 74.6 Å². The molecule has 4 heteroatoms. The lowest BCUT2D eigenvalue weighted by Crippen LogP contribution is -2.09. The van der Waals surface area contributed by atoms with Crippen LogP contribution in [0.5, 0.6) is 0 Å². The van der Waals surface area contributed by atoms with Crippen LogP contribution in [0, 0.1) is 0 Å². The van der Waals surface area contributed by atoms with Gasteiger partial charge in [0.05, 0.1) is 11.1 Å². The third-order valence-electron chi connectivity index (χ3n) is 2.80. The first-order valence-electron chi connectivity index (χ1n) is 5.57. The van der Waals surface area contributed by atoms with E-state index in [1.165, 1.54) is 12.1 Å². The number of benzene rings is 1. The molecule has 0 fully saturated rings. The second-order valence-corrected chi connectivity index (χ2v) is 4.11. The Morgan fingerprint density at radius 2 is 1.76 bits per heavy atom. The molecule has 0 aliphatic carbocycles. The Kier molecular flexibility index (Phi) is 4.26. The van der Waals surface area contributed by atoms with Gasteiger partial charge >= 0.3 is 11.9 Å². The zero-order valence-electron chi connectivity index (χ0n) is 9.93. The number of carboxylic acids is 2. The van der Waals surface area contributed by atoms with Crippen molar-refractivity contribution in [2.45, 2.75) is 32.6 Å². The minimum Gasteiger partial charge on any atom is -0.478 e. The molecular formula is C13H16O4. The lowest BCUT2D eigenvalue weighted by Gasteiger charge is -2.12. The first-order chi connectivity index (χ1) is 7.97. The van der Waals surface area contributed by atoms with Crippen LogP contribution in [-0.4, -0.2) is 22.2 Å². The van der Waals surface area contributed by atoms with Crippen molar-refractivity contribution in [3.63, 3.8) is 0 Å². The Labute approximate surface area is 99.9 Å². The van der Waals surface area contributed by atoms with E-state index in [0.29, 0.717) is 0 Å². The van der Waals surface area contributed by atoms with Crippen LogP contribution in [0.15, 0.2) is 18.2 Å². The van der Waals surface area contributed by atoms with Crippen molar-refractivity contribution in [2.24, 2.45) is 0 Å². The zero-order valence-corrected chi connectivity index (χ0v) is 9.93. The summed E-state index contributed by atoms with van der Waals surface area (Å²) in [7, 11) is 0. The molecular weight excluding hydrogens is 220 g/mol. The summed E-state index contributed by atoms with van der Waals surface area (Å²) in [5.74, 6) is -2.18.